The van der Waals surface area contributed by atoms with Crippen molar-refractivity contribution < 1.29 is 78.3 Å². The Hall–Kier alpha value is 0.0264. The van der Waals surface area contributed by atoms with Crippen LogP contribution in [0.25, 0.3) is 0 Å². The zero-order valence-corrected chi connectivity index (χ0v) is 24.8. The second-order valence-corrected chi connectivity index (χ2v) is 7.91. The Bertz CT molecular complexity index is 550. The third-order valence-electron chi connectivity index (χ3n) is 5.08. The maximum atomic E-state index is 9.64. The molecule has 5 heteroatoms. The smallest absolute Gasteiger partial charge is 1.00 e. The molecule has 0 N–H and O–H groups in total. The van der Waals surface area contributed by atoms with E-state index in [9.17, 15) is 9.90 Å². The van der Waals surface area contributed by atoms with Gasteiger partial charge in [-0.3, -0.25) is 0 Å². The Morgan fingerprint density at radius 1 is 0.750 bits per heavy atom. The number of aryl methyl sites for hydroxylation is 1. The quantitative estimate of drug-likeness (QED) is 0.104. The first-order valence-corrected chi connectivity index (χ1v) is 12.1. The first-order chi connectivity index (χ1) is 14.7. The first-order valence-electron chi connectivity index (χ1n) is 12.1. The van der Waals surface area contributed by atoms with Crippen LogP contribution in [0.15, 0.2) is 54.9 Å². The summed E-state index contributed by atoms with van der Waals surface area (Å²) >= 11 is 0. The predicted molar refractivity (Wildman–Crippen MR) is 126 cm³/mol. The maximum absolute atomic E-state index is 9.64. The van der Waals surface area contributed by atoms with Crippen molar-refractivity contribution in [3.05, 3.63) is 54.9 Å². The number of hydrogen-bond acceptors (Lipinski definition) is 2. The van der Waals surface area contributed by atoms with Crippen molar-refractivity contribution in [2.45, 2.75) is 110 Å². The summed E-state index contributed by atoms with van der Waals surface area (Å²) in [5.41, 5.74) is 0. The van der Waals surface area contributed by atoms with E-state index < -0.39 is 5.97 Å². The van der Waals surface area contributed by atoms with Crippen molar-refractivity contribution in [3.8, 4) is 0 Å². The standard InChI is InChI=1S/C21H38N.C6H8O2.ClH.K/c1-2-3-4-5-6-7-8-9-10-11-12-13-14-16-19-22-20-17-15-18-21-22;1-2-3-4-5-6(7)8;;/h15,17-18,20-21H,2-14,16,19H2,1H3;2-5H,1H3,(H,7,8);1H;/q+1;;;+1/p-2/b;3-2+,5-4+;;. The van der Waals surface area contributed by atoms with E-state index in [0.717, 1.165) is 6.08 Å². The average Bonchev–Trinajstić information content (AvgIpc) is 2.75. The second kappa shape index (κ2) is 31.0. The van der Waals surface area contributed by atoms with E-state index in [1.807, 2.05) is 0 Å². The molecule has 1 rings (SSSR count). The van der Waals surface area contributed by atoms with Crippen LogP contribution in [0, 0.1) is 0 Å². The van der Waals surface area contributed by atoms with Crippen molar-refractivity contribution in [1.29, 1.82) is 0 Å². The maximum Gasteiger partial charge on any atom is 1.00 e. The van der Waals surface area contributed by atoms with Crippen molar-refractivity contribution in [2.75, 3.05) is 0 Å². The predicted octanol–water partition coefficient (Wildman–Crippen LogP) is 0.332. The largest absolute Gasteiger partial charge is 1.00 e. The molecular formula is C27H45ClKNO2. The van der Waals surface area contributed by atoms with E-state index in [0.29, 0.717) is 0 Å². The van der Waals surface area contributed by atoms with Crippen LogP contribution in [0.2, 0.25) is 0 Å². The van der Waals surface area contributed by atoms with Crippen LogP contribution in [0.1, 0.15) is 104 Å². The number of aliphatic carboxylic acids is 1. The monoisotopic (exact) mass is 489 g/mol. The molecule has 0 atom stereocenters. The van der Waals surface area contributed by atoms with Gasteiger partial charge in [0.2, 0.25) is 0 Å². The molecular weight excluding hydrogens is 445 g/mol. The molecule has 0 fully saturated rings. The summed E-state index contributed by atoms with van der Waals surface area (Å²) in [5, 5.41) is 9.64. The van der Waals surface area contributed by atoms with Crippen molar-refractivity contribution in [2.24, 2.45) is 0 Å². The molecule has 0 spiro atoms. The van der Waals surface area contributed by atoms with Crippen molar-refractivity contribution in [3.63, 3.8) is 0 Å². The van der Waals surface area contributed by atoms with Gasteiger partial charge in [-0.25, -0.2) is 4.57 Å². The number of rotatable bonds is 17. The molecule has 0 bridgehead atoms. The number of allylic oxidation sites excluding steroid dienone is 3. The summed E-state index contributed by atoms with van der Waals surface area (Å²) < 4.78 is 2.29. The minimum absolute atomic E-state index is 0. The summed E-state index contributed by atoms with van der Waals surface area (Å²) in [6, 6.07) is 6.31. The van der Waals surface area contributed by atoms with Gasteiger partial charge in [0.1, 0.15) is 6.54 Å². The zero-order valence-electron chi connectivity index (χ0n) is 20.9. The normalized spacial score (nSPS) is 10.3. The van der Waals surface area contributed by atoms with E-state index in [2.05, 4.69) is 42.1 Å². The molecule has 0 unspecified atom stereocenters. The molecule has 32 heavy (non-hydrogen) atoms. The van der Waals surface area contributed by atoms with Gasteiger partial charge in [-0.1, -0.05) is 108 Å². The first kappa shape index (κ1) is 36.6. The summed E-state index contributed by atoms with van der Waals surface area (Å²) in [6.45, 7) is 5.28. The van der Waals surface area contributed by atoms with Gasteiger partial charge in [0, 0.05) is 18.6 Å². The number of carbonyl (C=O) groups is 1. The van der Waals surface area contributed by atoms with E-state index in [1.54, 1.807) is 19.1 Å². The summed E-state index contributed by atoms with van der Waals surface area (Å²) in [6.07, 6.45) is 30.2. The number of hydrogen-bond donors (Lipinski definition) is 0. The minimum atomic E-state index is -1.16. The fourth-order valence-electron chi connectivity index (χ4n) is 3.32. The second-order valence-electron chi connectivity index (χ2n) is 7.91. The minimum Gasteiger partial charge on any atom is -1.00 e. The van der Waals surface area contributed by atoms with Gasteiger partial charge in [-0.05, 0) is 19.4 Å². The molecule has 0 saturated heterocycles. The number of carboxylic acid groups (broad SMARTS) is 1. The Morgan fingerprint density at radius 3 is 1.59 bits per heavy atom. The van der Waals surface area contributed by atoms with Gasteiger partial charge < -0.3 is 22.3 Å². The average molecular weight is 490 g/mol. The van der Waals surface area contributed by atoms with E-state index >= 15 is 0 Å². The molecule has 1 aromatic heterocycles. The van der Waals surface area contributed by atoms with Crippen LogP contribution in [-0.4, -0.2) is 5.97 Å². The van der Waals surface area contributed by atoms with Gasteiger partial charge in [-0.2, -0.15) is 0 Å². The Labute approximate surface area is 247 Å². The fraction of sp³-hybridized carbons (Fsp3) is 0.630. The van der Waals surface area contributed by atoms with Crippen LogP contribution >= 0.6 is 0 Å². The fourth-order valence-corrected chi connectivity index (χ4v) is 3.32. The molecule has 0 aromatic carbocycles. The van der Waals surface area contributed by atoms with Crippen LogP contribution < -0.4 is 73.5 Å². The van der Waals surface area contributed by atoms with E-state index in [-0.39, 0.29) is 63.8 Å². The molecule has 178 valence electrons. The van der Waals surface area contributed by atoms with Crippen LogP contribution in [0.4, 0.5) is 0 Å². The molecule has 0 aliphatic carbocycles. The SMILES string of the molecule is C/C=C/C=C/C(=O)[O-].CCCCCCCCCCCCCCCC[n+]1ccccc1.[Cl-].[K+]. The van der Waals surface area contributed by atoms with Crippen molar-refractivity contribution >= 4 is 5.97 Å². The van der Waals surface area contributed by atoms with E-state index in [4.69, 9.17) is 0 Å². The van der Waals surface area contributed by atoms with Gasteiger partial charge >= 0.3 is 51.4 Å². The molecule has 0 aliphatic rings. The number of pyridine rings is 1. The molecule has 1 aromatic rings. The molecule has 0 saturated carbocycles. The summed E-state index contributed by atoms with van der Waals surface area (Å²) in [4.78, 5) is 9.64. The summed E-state index contributed by atoms with van der Waals surface area (Å²) in [5.74, 6) is -1.16. The number of carbonyl (C=O) groups excluding carboxylic acids is 1. The van der Waals surface area contributed by atoms with Gasteiger partial charge in [-0.15, -0.1) is 0 Å². The molecule has 3 nitrogen and oxygen atoms in total. The Balaban J connectivity index is -0.000000723. The topological polar surface area (TPSA) is 44.0 Å². The van der Waals surface area contributed by atoms with Crippen molar-refractivity contribution in [1.82, 2.24) is 0 Å². The third-order valence-corrected chi connectivity index (χ3v) is 5.08. The molecule has 0 aliphatic heterocycles. The Morgan fingerprint density at radius 2 is 1.19 bits per heavy atom. The number of nitrogens with zero attached hydrogens (tertiary/aromatic N) is 1. The third kappa shape index (κ3) is 30.0. The number of unbranched alkanes of at least 4 members (excludes halogenated alkanes) is 13. The van der Waals surface area contributed by atoms with Crippen LogP contribution in [0.3, 0.4) is 0 Å². The van der Waals surface area contributed by atoms with Gasteiger partial charge in [0.15, 0.2) is 12.4 Å². The number of carboxylic acids is 1. The number of aromatic nitrogens is 1. The molecule has 1 heterocycles. The molecule has 0 amide bonds. The van der Waals surface area contributed by atoms with Gasteiger partial charge in [0.05, 0.1) is 5.97 Å². The van der Waals surface area contributed by atoms with E-state index in [1.165, 1.54) is 103 Å². The number of halogens is 1. The van der Waals surface area contributed by atoms with Crippen LogP contribution in [-0.2, 0) is 11.3 Å². The molecule has 0 radical (unpaired) electrons. The summed E-state index contributed by atoms with van der Waals surface area (Å²) in [7, 11) is 0. The Kier molecular flexibility index (Phi) is 35.5. The van der Waals surface area contributed by atoms with Gasteiger partial charge in [0.25, 0.3) is 0 Å². The van der Waals surface area contributed by atoms with Crippen LogP contribution in [0.5, 0.6) is 0 Å². The zero-order chi connectivity index (χ0) is 22.1.